The Bertz CT molecular complexity index is 518. The summed E-state index contributed by atoms with van der Waals surface area (Å²) in [6.45, 7) is 4.54. The van der Waals surface area contributed by atoms with E-state index in [1.54, 1.807) is 0 Å². The predicted octanol–water partition coefficient (Wildman–Crippen LogP) is 4.25. The second kappa shape index (κ2) is 6.51. The van der Waals surface area contributed by atoms with E-state index >= 15 is 0 Å². The summed E-state index contributed by atoms with van der Waals surface area (Å²) < 4.78 is 0. The minimum absolute atomic E-state index is 0.601. The van der Waals surface area contributed by atoms with Gasteiger partial charge in [-0.3, -0.25) is 4.90 Å². The predicted molar refractivity (Wildman–Crippen MR) is 86.2 cm³/mol. The number of H-pyrrole nitrogens is 1. The summed E-state index contributed by atoms with van der Waals surface area (Å²) in [5.74, 6) is 1.17. The number of aryl methyl sites for hydroxylation is 1. The Balaban J connectivity index is 1.51. The van der Waals surface area contributed by atoms with Gasteiger partial charge in [0.1, 0.15) is 0 Å². The highest BCUT2D eigenvalue weighted by molar-refractivity contribution is 7.99. The molecule has 1 aliphatic heterocycles. The van der Waals surface area contributed by atoms with Gasteiger partial charge in [0.2, 0.25) is 0 Å². The van der Waals surface area contributed by atoms with Crippen LogP contribution in [-0.2, 0) is 0 Å². The molecule has 3 rings (SSSR count). The first-order valence-electron chi connectivity index (χ1n) is 7.40. The minimum atomic E-state index is 0.601. The van der Waals surface area contributed by atoms with Gasteiger partial charge in [0.15, 0.2) is 0 Å². The molecular formula is C17H22N2S. The van der Waals surface area contributed by atoms with Crippen LogP contribution in [0.1, 0.15) is 30.1 Å². The number of nitrogens with zero attached hydrogens (tertiary/aromatic N) is 1. The molecule has 2 heterocycles. The number of thioether (sulfide) groups is 1. The number of rotatable bonds is 5. The van der Waals surface area contributed by atoms with Crippen LogP contribution in [0, 0.1) is 6.92 Å². The van der Waals surface area contributed by atoms with Gasteiger partial charge in [0, 0.05) is 35.1 Å². The zero-order chi connectivity index (χ0) is 13.8. The first-order valence-corrected chi connectivity index (χ1v) is 8.38. The fourth-order valence-electron chi connectivity index (χ4n) is 2.91. The van der Waals surface area contributed by atoms with Crippen LogP contribution in [-0.4, -0.2) is 28.7 Å². The summed E-state index contributed by atoms with van der Waals surface area (Å²) in [5, 5.41) is 0. The molecule has 3 heteroatoms. The van der Waals surface area contributed by atoms with Crippen LogP contribution in [0.15, 0.2) is 47.5 Å². The number of likely N-dealkylation sites (tertiary alicyclic amines) is 1. The van der Waals surface area contributed by atoms with Gasteiger partial charge < -0.3 is 4.98 Å². The van der Waals surface area contributed by atoms with Crippen LogP contribution in [0.2, 0.25) is 0 Å². The lowest BCUT2D eigenvalue weighted by atomic mass is 10.1. The van der Waals surface area contributed by atoms with E-state index in [0.717, 1.165) is 0 Å². The second-order valence-corrected chi connectivity index (χ2v) is 6.65. The molecule has 106 valence electrons. The van der Waals surface area contributed by atoms with Gasteiger partial charge in [-0.05, 0) is 50.6 Å². The average molecular weight is 286 g/mol. The number of hydrogen-bond acceptors (Lipinski definition) is 2. The van der Waals surface area contributed by atoms with E-state index in [9.17, 15) is 0 Å². The normalized spacial score (nSPS) is 19.6. The van der Waals surface area contributed by atoms with Crippen LogP contribution in [0.3, 0.4) is 0 Å². The van der Waals surface area contributed by atoms with E-state index in [-0.39, 0.29) is 0 Å². The fraction of sp³-hybridized carbons (Fsp3) is 0.412. The Labute approximate surface area is 125 Å². The Morgan fingerprint density at radius 3 is 2.85 bits per heavy atom. The van der Waals surface area contributed by atoms with Crippen molar-refractivity contribution in [3.63, 3.8) is 0 Å². The third-order valence-electron chi connectivity index (χ3n) is 4.01. The average Bonchev–Trinajstić information content (AvgIpc) is 3.11. The molecule has 1 aliphatic rings. The number of aromatic nitrogens is 1. The van der Waals surface area contributed by atoms with E-state index in [2.05, 4.69) is 53.2 Å². The van der Waals surface area contributed by atoms with Crippen molar-refractivity contribution in [2.75, 3.05) is 18.8 Å². The molecule has 1 N–H and O–H groups in total. The summed E-state index contributed by atoms with van der Waals surface area (Å²) in [6.07, 6.45) is 4.64. The first-order chi connectivity index (χ1) is 9.83. The molecule has 0 amide bonds. The molecule has 0 spiro atoms. The van der Waals surface area contributed by atoms with Crippen molar-refractivity contribution in [2.45, 2.75) is 30.7 Å². The van der Waals surface area contributed by atoms with E-state index in [0.29, 0.717) is 6.04 Å². The highest BCUT2D eigenvalue weighted by Gasteiger charge is 2.25. The fourth-order valence-corrected chi connectivity index (χ4v) is 3.80. The molecule has 0 bridgehead atoms. The maximum absolute atomic E-state index is 3.37. The molecule has 1 aromatic heterocycles. The van der Waals surface area contributed by atoms with Crippen LogP contribution >= 0.6 is 11.8 Å². The van der Waals surface area contributed by atoms with Crippen molar-refractivity contribution in [1.82, 2.24) is 9.88 Å². The van der Waals surface area contributed by atoms with E-state index < -0.39 is 0 Å². The summed E-state index contributed by atoms with van der Waals surface area (Å²) in [6, 6.07) is 13.8. The molecular weight excluding hydrogens is 264 g/mol. The maximum atomic E-state index is 3.37. The van der Waals surface area contributed by atoms with Gasteiger partial charge in [-0.2, -0.15) is 0 Å². The van der Waals surface area contributed by atoms with Gasteiger partial charge >= 0.3 is 0 Å². The third kappa shape index (κ3) is 3.28. The first kappa shape index (κ1) is 13.8. The standard InChI is InChI=1S/C17H22N2S/c1-14-6-8-15(9-7-14)20-13-12-19-11-3-5-17(19)16-4-2-10-18-16/h2,4,6-10,17-18H,3,5,11-13H2,1H3/t17-/m1/s1. The summed E-state index contributed by atoms with van der Waals surface area (Å²) in [7, 11) is 0. The van der Waals surface area contributed by atoms with Gasteiger partial charge in [-0.25, -0.2) is 0 Å². The quantitative estimate of drug-likeness (QED) is 0.829. The summed E-state index contributed by atoms with van der Waals surface area (Å²) in [4.78, 5) is 7.37. The molecule has 2 aromatic rings. The number of hydrogen-bond donors (Lipinski definition) is 1. The smallest absolute Gasteiger partial charge is 0.0499 e. The molecule has 0 radical (unpaired) electrons. The SMILES string of the molecule is Cc1ccc(SCCN2CCC[C@@H]2c2ccc[nH]2)cc1. The maximum Gasteiger partial charge on any atom is 0.0499 e. The zero-order valence-corrected chi connectivity index (χ0v) is 12.8. The van der Waals surface area contributed by atoms with Crippen LogP contribution in [0.25, 0.3) is 0 Å². The van der Waals surface area contributed by atoms with E-state index in [1.165, 1.54) is 47.8 Å². The molecule has 2 nitrogen and oxygen atoms in total. The largest absolute Gasteiger partial charge is 0.364 e. The van der Waals surface area contributed by atoms with Crippen molar-refractivity contribution in [2.24, 2.45) is 0 Å². The molecule has 1 aromatic carbocycles. The number of nitrogens with one attached hydrogen (secondary N) is 1. The van der Waals surface area contributed by atoms with Crippen LogP contribution in [0.4, 0.5) is 0 Å². The second-order valence-electron chi connectivity index (χ2n) is 5.48. The zero-order valence-electron chi connectivity index (χ0n) is 12.0. The van der Waals surface area contributed by atoms with Crippen molar-refractivity contribution in [1.29, 1.82) is 0 Å². The lowest BCUT2D eigenvalue weighted by Crippen LogP contribution is -2.25. The third-order valence-corrected chi connectivity index (χ3v) is 5.01. The molecule has 1 atom stereocenters. The van der Waals surface area contributed by atoms with Gasteiger partial charge in [-0.1, -0.05) is 17.7 Å². The highest BCUT2D eigenvalue weighted by atomic mass is 32.2. The van der Waals surface area contributed by atoms with Gasteiger partial charge in [0.25, 0.3) is 0 Å². The minimum Gasteiger partial charge on any atom is -0.364 e. The van der Waals surface area contributed by atoms with Gasteiger partial charge in [0.05, 0.1) is 0 Å². The van der Waals surface area contributed by atoms with Crippen LogP contribution < -0.4 is 0 Å². The van der Waals surface area contributed by atoms with E-state index in [4.69, 9.17) is 0 Å². The Kier molecular flexibility index (Phi) is 4.48. The topological polar surface area (TPSA) is 19.0 Å². The van der Waals surface area contributed by atoms with Crippen molar-refractivity contribution in [3.8, 4) is 0 Å². The number of benzene rings is 1. The number of aromatic amines is 1. The molecule has 1 saturated heterocycles. The highest BCUT2D eigenvalue weighted by Crippen LogP contribution is 2.31. The van der Waals surface area contributed by atoms with Crippen LogP contribution in [0.5, 0.6) is 0 Å². The van der Waals surface area contributed by atoms with Gasteiger partial charge in [-0.15, -0.1) is 11.8 Å². The summed E-state index contributed by atoms with van der Waals surface area (Å²) in [5.41, 5.74) is 2.71. The molecule has 0 unspecified atom stereocenters. The van der Waals surface area contributed by atoms with Crippen molar-refractivity contribution >= 4 is 11.8 Å². The summed E-state index contributed by atoms with van der Waals surface area (Å²) >= 11 is 1.96. The molecule has 20 heavy (non-hydrogen) atoms. The molecule has 1 fully saturated rings. The monoisotopic (exact) mass is 286 g/mol. The van der Waals surface area contributed by atoms with Crippen molar-refractivity contribution < 1.29 is 0 Å². The Morgan fingerprint density at radius 2 is 2.10 bits per heavy atom. The lowest BCUT2D eigenvalue weighted by Gasteiger charge is -2.23. The Hall–Kier alpha value is -1.19. The van der Waals surface area contributed by atoms with E-state index in [1.807, 2.05) is 18.0 Å². The van der Waals surface area contributed by atoms with Crippen molar-refractivity contribution in [3.05, 3.63) is 53.9 Å². The Morgan fingerprint density at radius 1 is 1.25 bits per heavy atom. The molecule has 0 aliphatic carbocycles. The lowest BCUT2D eigenvalue weighted by molar-refractivity contribution is 0.270. The molecule has 0 saturated carbocycles.